The van der Waals surface area contributed by atoms with Crippen LogP contribution in [0.1, 0.15) is 30.7 Å². The number of hydrogen-bond donors (Lipinski definition) is 1. The van der Waals surface area contributed by atoms with Gasteiger partial charge in [-0.25, -0.2) is 0 Å². The molecule has 1 saturated heterocycles. The summed E-state index contributed by atoms with van der Waals surface area (Å²) in [5.74, 6) is 0.774. The van der Waals surface area contributed by atoms with Crippen molar-refractivity contribution in [2.75, 3.05) is 26.7 Å². The van der Waals surface area contributed by atoms with Crippen LogP contribution in [0.5, 0.6) is 5.75 Å². The van der Waals surface area contributed by atoms with Gasteiger partial charge in [-0.3, -0.25) is 4.79 Å². The topological polar surface area (TPSA) is 49.8 Å². The van der Waals surface area contributed by atoms with Crippen LogP contribution >= 0.6 is 0 Å². The number of rotatable bonds is 5. The van der Waals surface area contributed by atoms with Crippen LogP contribution in [0.4, 0.5) is 0 Å². The van der Waals surface area contributed by atoms with Gasteiger partial charge in [-0.15, -0.1) is 0 Å². The number of methoxy groups -OCH3 is 1. The zero-order valence-electron chi connectivity index (χ0n) is 11.3. The van der Waals surface area contributed by atoms with Crippen molar-refractivity contribution in [3.05, 3.63) is 29.8 Å². The van der Waals surface area contributed by atoms with Gasteiger partial charge in [0.15, 0.2) is 0 Å². The lowest BCUT2D eigenvalue weighted by Crippen LogP contribution is -2.34. The van der Waals surface area contributed by atoms with E-state index in [4.69, 9.17) is 9.84 Å². The van der Waals surface area contributed by atoms with Crippen LogP contribution in [-0.4, -0.2) is 42.7 Å². The summed E-state index contributed by atoms with van der Waals surface area (Å²) in [6.45, 7) is 2.60. The number of aliphatic carboxylic acids is 1. The summed E-state index contributed by atoms with van der Waals surface area (Å²) in [7, 11) is 1.71. The van der Waals surface area contributed by atoms with E-state index >= 15 is 0 Å². The van der Waals surface area contributed by atoms with E-state index in [1.54, 1.807) is 7.11 Å². The lowest BCUT2D eigenvalue weighted by Gasteiger charge is -2.32. The van der Waals surface area contributed by atoms with E-state index in [1.807, 2.05) is 12.1 Å². The van der Waals surface area contributed by atoms with Crippen LogP contribution in [0.15, 0.2) is 24.3 Å². The number of carbonyl (C=O) groups is 1. The van der Waals surface area contributed by atoms with E-state index in [9.17, 15) is 4.79 Å². The molecule has 1 N–H and O–H groups in total. The van der Waals surface area contributed by atoms with Crippen LogP contribution < -0.4 is 4.74 Å². The van der Waals surface area contributed by atoms with Gasteiger partial charge >= 0.3 is 5.97 Å². The number of para-hydroxylation sites is 1. The summed E-state index contributed by atoms with van der Waals surface area (Å²) in [6, 6.07) is 8.18. The highest BCUT2D eigenvalue weighted by molar-refractivity contribution is 5.66. The molecule has 1 aliphatic rings. The first kappa shape index (κ1) is 13.9. The standard InChI is InChI=1S/C15H21NO3/c1-19-14-5-3-2-4-13(14)12-6-9-16(10-7-12)11-8-15(17)18/h2-5,12H,6-11H2,1H3,(H,17,18). The van der Waals surface area contributed by atoms with E-state index in [1.165, 1.54) is 5.56 Å². The first-order chi connectivity index (χ1) is 9.20. The highest BCUT2D eigenvalue weighted by Gasteiger charge is 2.22. The summed E-state index contributed by atoms with van der Waals surface area (Å²) in [6.07, 6.45) is 2.37. The quantitative estimate of drug-likeness (QED) is 0.886. The maximum atomic E-state index is 10.6. The number of piperidine rings is 1. The Labute approximate surface area is 114 Å². The molecule has 1 aromatic rings. The van der Waals surface area contributed by atoms with Gasteiger partial charge in [-0.1, -0.05) is 18.2 Å². The number of carboxylic acids is 1. The summed E-state index contributed by atoms with van der Waals surface area (Å²) >= 11 is 0. The fraction of sp³-hybridized carbons (Fsp3) is 0.533. The van der Waals surface area contributed by atoms with Gasteiger partial charge in [0, 0.05) is 6.54 Å². The van der Waals surface area contributed by atoms with E-state index in [2.05, 4.69) is 17.0 Å². The molecule has 0 aliphatic carbocycles. The van der Waals surface area contributed by atoms with Crippen molar-refractivity contribution in [1.29, 1.82) is 0 Å². The third-order valence-corrected chi connectivity index (χ3v) is 3.81. The molecule has 104 valence electrons. The van der Waals surface area contributed by atoms with Crippen molar-refractivity contribution >= 4 is 5.97 Å². The number of likely N-dealkylation sites (tertiary alicyclic amines) is 1. The van der Waals surface area contributed by atoms with Gasteiger partial charge in [-0.2, -0.15) is 0 Å². The first-order valence-electron chi connectivity index (χ1n) is 6.77. The van der Waals surface area contributed by atoms with Crippen molar-refractivity contribution in [1.82, 2.24) is 4.90 Å². The Hall–Kier alpha value is -1.55. The Kier molecular flexibility index (Phi) is 4.80. The molecule has 0 bridgehead atoms. The summed E-state index contributed by atoms with van der Waals surface area (Å²) < 4.78 is 5.41. The molecule has 0 unspecified atom stereocenters. The molecule has 0 saturated carbocycles. The fourth-order valence-corrected chi connectivity index (χ4v) is 2.73. The predicted octanol–water partition coefficient (Wildman–Crippen LogP) is 2.35. The zero-order valence-corrected chi connectivity index (χ0v) is 11.3. The minimum Gasteiger partial charge on any atom is -0.496 e. The molecule has 2 rings (SSSR count). The molecule has 4 heteroatoms. The van der Waals surface area contributed by atoms with E-state index in [-0.39, 0.29) is 6.42 Å². The van der Waals surface area contributed by atoms with Gasteiger partial charge in [0.05, 0.1) is 13.5 Å². The molecular weight excluding hydrogens is 242 g/mol. The van der Waals surface area contributed by atoms with E-state index < -0.39 is 5.97 Å². The second kappa shape index (κ2) is 6.57. The smallest absolute Gasteiger partial charge is 0.304 e. The Bertz CT molecular complexity index is 425. The van der Waals surface area contributed by atoms with Crippen LogP contribution in [0.3, 0.4) is 0 Å². The second-order valence-electron chi connectivity index (χ2n) is 5.00. The minimum absolute atomic E-state index is 0.235. The SMILES string of the molecule is COc1ccccc1C1CCN(CCC(=O)O)CC1. The van der Waals surface area contributed by atoms with Crippen molar-refractivity contribution in [3.63, 3.8) is 0 Å². The van der Waals surface area contributed by atoms with Crippen LogP contribution in [0, 0.1) is 0 Å². The van der Waals surface area contributed by atoms with Crippen LogP contribution in [0.25, 0.3) is 0 Å². The largest absolute Gasteiger partial charge is 0.496 e. The van der Waals surface area contributed by atoms with Gasteiger partial charge < -0.3 is 14.7 Å². The molecule has 4 nitrogen and oxygen atoms in total. The number of nitrogens with zero attached hydrogens (tertiary/aromatic N) is 1. The molecule has 1 aliphatic heterocycles. The van der Waals surface area contributed by atoms with Crippen molar-refractivity contribution < 1.29 is 14.6 Å². The molecule has 0 spiro atoms. The Morgan fingerprint density at radius 1 is 1.37 bits per heavy atom. The van der Waals surface area contributed by atoms with E-state index in [0.717, 1.165) is 31.7 Å². The highest BCUT2D eigenvalue weighted by Crippen LogP contribution is 2.33. The Morgan fingerprint density at radius 2 is 2.05 bits per heavy atom. The van der Waals surface area contributed by atoms with Gasteiger partial charge in [-0.05, 0) is 43.5 Å². The molecule has 19 heavy (non-hydrogen) atoms. The maximum absolute atomic E-state index is 10.6. The molecule has 0 radical (unpaired) electrons. The van der Waals surface area contributed by atoms with Crippen molar-refractivity contribution in [3.8, 4) is 5.75 Å². The number of ether oxygens (including phenoxy) is 1. The second-order valence-corrected chi connectivity index (χ2v) is 5.00. The number of carboxylic acid groups (broad SMARTS) is 1. The third-order valence-electron chi connectivity index (χ3n) is 3.81. The third kappa shape index (κ3) is 3.70. The first-order valence-corrected chi connectivity index (χ1v) is 6.77. The lowest BCUT2D eigenvalue weighted by molar-refractivity contribution is -0.137. The summed E-state index contributed by atoms with van der Waals surface area (Å²) in [5.41, 5.74) is 1.28. The Morgan fingerprint density at radius 3 is 2.68 bits per heavy atom. The zero-order chi connectivity index (χ0) is 13.7. The summed E-state index contributed by atoms with van der Waals surface area (Å²) in [4.78, 5) is 12.8. The van der Waals surface area contributed by atoms with Crippen molar-refractivity contribution in [2.24, 2.45) is 0 Å². The molecule has 0 atom stereocenters. The monoisotopic (exact) mass is 263 g/mol. The highest BCUT2D eigenvalue weighted by atomic mass is 16.5. The molecule has 0 aromatic heterocycles. The molecule has 0 amide bonds. The van der Waals surface area contributed by atoms with Gasteiger partial charge in [0.1, 0.15) is 5.75 Å². The molecular formula is C15H21NO3. The normalized spacial score (nSPS) is 17.3. The lowest BCUT2D eigenvalue weighted by atomic mass is 9.89. The molecule has 1 heterocycles. The van der Waals surface area contributed by atoms with Crippen LogP contribution in [0.2, 0.25) is 0 Å². The molecule has 1 fully saturated rings. The van der Waals surface area contributed by atoms with Gasteiger partial charge in [0.25, 0.3) is 0 Å². The van der Waals surface area contributed by atoms with Gasteiger partial charge in [0.2, 0.25) is 0 Å². The van der Waals surface area contributed by atoms with Crippen LogP contribution in [-0.2, 0) is 4.79 Å². The minimum atomic E-state index is -0.716. The average molecular weight is 263 g/mol. The molecule has 1 aromatic carbocycles. The average Bonchev–Trinajstić information content (AvgIpc) is 2.45. The number of benzene rings is 1. The fourth-order valence-electron chi connectivity index (χ4n) is 2.73. The predicted molar refractivity (Wildman–Crippen MR) is 73.7 cm³/mol. The Balaban J connectivity index is 1.90. The maximum Gasteiger partial charge on any atom is 0.304 e. The van der Waals surface area contributed by atoms with Crippen molar-refractivity contribution in [2.45, 2.75) is 25.2 Å². The summed E-state index contributed by atoms with van der Waals surface area (Å²) in [5, 5.41) is 8.70. The number of hydrogen-bond acceptors (Lipinski definition) is 3. The van der Waals surface area contributed by atoms with E-state index in [0.29, 0.717) is 12.5 Å².